The van der Waals surface area contributed by atoms with E-state index < -0.39 is 29.7 Å². The molecule has 0 radical (unpaired) electrons. The molecule has 2 aliphatic heterocycles. The van der Waals surface area contributed by atoms with E-state index in [9.17, 15) is 24.3 Å². The molecule has 9 nitrogen and oxygen atoms in total. The number of carbonyl (C=O) groups is 4. The zero-order chi connectivity index (χ0) is 25.1. The average Bonchev–Trinajstić information content (AvgIpc) is 3.08. The highest BCUT2D eigenvalue weighted by molar-refractivity contribution is 6.32. The van der Waals surface area contributed by atoms with Crippen LogP contribution in [0.15, 0.2) is 64.8 Å². The molecule has 4 rings (SSSR count). The first-order valence-corrected chi connectivity index (χ1v) is 11.2. The number of benzene rings is 2. The van der Waals surface area contributed by atoms with E-state index in [4.69, 9.17) is 21.1 Å². The van der Waals surface area contributed by atoms with E-state index in [2.05, 4.69) is 4.99 Å². The first-order valence-electron chi connectivity index (χ1n) is 10.8. The van der Waals surface area contributed by atoms with Crippen molar-refractivity contribution in [2.45, 2.75) is 13.3 Å². The van der Waals surface area contributed by atoms with Crippen LogP contribution in [0.4, 0.5) is 0 Å². The van der Waals surface area contributed by atoms with Crippen LogP contribution in [0.3, 0.4) is 0 Å². The van der Waals surface area contributed by atoms with Crippen molar-refractivity contribution in [2.24, 2.45) is 10.9 Å². The van der Waals surface area contributed by atoms with Gasteiger partial charge in [0.05, 0.1) is 53.1 Å². The van der Waals surface area contributed by atoms with Gasteiger partial charge in [0, 0.05) is 5.71 Å². The van der Waals surface area contributed by atoms with Crippen LogP contribution in [0.5, 0.6) is 5.75 Å². The number of amides is 2. The van der Waals surface area contributed by atoms with Gasteiger partial charge in [0.1, 0.15) is 5.75 Å². The quantitative estimate of drug-likeness (QED) is 0.257. The highest BCUT2D eigenvalue weighted by Gasteiger charge is 2.35. The van der Waals surface area contributed by atoms with Crippen LogP contribution in [-0.2, 0) is 14.3 Å². The van der Waals surface area contributed by atoms with Gasteiger partial charge >= 0.3 is 11.9 Å². The van der Waals surface area contributed by atoms with Crippen molar-refractivity contribution in [1.82, 2.24) is 4.90 Å². The number of carbonyl (C=O) groups excluding carboxylic acids is 3. The normalized spacial score (nSPS) is 17.4. The van der Waals surface area contributed by atoms with Crippen molar-refractivity contribution in [1.29, 1.82) is 0 Å². The number of hydrogen-bond donors (Lipinski definition) is 1. The lowest BCUT2D eigenvalue weighted by molar-refractivity contribution is -0.139. The summed E-state index contributed by atoms with van der Waals surface area (Å²) in [4.78, 5) is 54.9. The maximum Gasteiger partial charge on any atom is 0.341 e. The van der Waals surface area contributed by atoms with Crippen LogP contribution in [0.1, 0.15) is 34.1 Å². The summed E-state index contributed by atoms with van der Waals surface area (Å²) >= 11 is 6.07. The Labute approximate surface area is 205 Å². The number of rotatable bonds is 8. The third-order valence-electron chi connectivity index (χ3n) is 5.73. The Bertz CT molecular complexity index is 1250. The van der Waals surface area contributed by atoms with Gasteiger partial charge in [0.15, 0.2) is 0 Å². The second-order valence-corrected chi connectivity index (χ2v) is 8.36. The van der Waals surface area contributed by atoms with Crippen molar-refractivity contribution in [2.75, 3.05) is 19.8 Å². The molecule has 10 heteroatoms. The summed E-state index contributed by atoms with van der Waals surface area (Å²) in [6.07, 6.45) is -0.120. The standard InChI is InChI=1S/C25H21ClN2O7/c1-14-17(24(31)32)12-18(25(33)35-21-9-5-4-8-19(21)26)20(27-14)13-34-11-10-28-22(29)15-6-2-3-7-16(15)23(28)30/h2-9,17H,10-13H2,1H3,(H,31,32). The van der Waals surface area contributed by atoms with Crippen LogP contribution < -0.4 is 4.74 Å². The first-order chi connectivity index (χ1) is 16.8. The average molecular weight is 497 g/mol. The molecule has 0 saturated carbocycles. The Hall–Kier alpha value is -3.82. The number of imide groups is 1. The molecule has 2 aromatic carbocycles. The van der Waals surface area contributed by atoms with E-state index in [-0.39, 0.29) is 48.2 Å². The number of fused-ring (bicyclic) bond motifs is 1. The Morgan fingerprint density at radius 3 is 2.34 bits per heavy atom. The Morgan fingerprint density at radius 2 is 1.71 bits per heavy atom. The Balaban J connectivity index is 1.46. The molecule has 0 fully saturated rings. The minimum absolute atomic E-state index is 0.00125. The lowest BCUT2D eigenvalue weighted by Gasteiger charge is -2.22. The molecule has 0 aromatic heterocycles. The van der Waals surface area contributed by atoms with Crippen molar-refractivity contribution in [3.8, 4) is 5.75 Å². The highest BCUT2D eigenvalue weighted by Crippen LogP contribution is 2.29. The number of esters is 1. The zero-order valence-electron chi connectivity index (χ0n) is 18.7. The van der Waals surface area contributed by atoms with Gasteiger partial charge in [-0.2, -0.15) is 0 Å². The predicted octanol–water partition coefficient (Wildman–Crippen LogP) is 3.38. The number of aliphatic imine (C=N–C) groups is 1. The molecule has 35 heavy (non-hydrogen) atoms. The van der Waals surface area contributed by atoms with Crippen molar-refractivity contribution in [3.05, 3.63) is 76.0 Å². The van der Waals surface area contributed by atoms with E-state index in [0.717, 1.165) is 4.90 Å². The molecule has 1 atom stereocenters. The van der Waals surface area contributed by atoms with Gasteiger partial charge < -0.3 is 14.6 Å². The minimum Gasteiger partial charge on any atom is -0.481 e. The van der Waals surface area contributed by atoms with Crippen LogP contribution in [0, 0.1) is 5.92 Å². The summed E-state index contributed by atoms with van der Waals surface area (Å²) in [5, 5.41) is 9.74. The van der Waals surface area contributed by atoms with Crippen LogP contribution in [0.2, 0.25) is 5.02 Å². The summed E-state index contributed by atoms with van der Waals surface area (Å²) in [7, 11) is 0. The molecule has 2 heterocycles. The number of carboxylic acid groups (broad SMARTS) is 1. The lowest BCUT2D eigenvalue weighted by atomic mass is 9.91. The summed E-state index contributed by atoms with van der Waals surface area (Å²) in [5.41, 5.74) is 1.29. The second kappa shape index (κ2) is 10.2. The molecule has 1 N–H and O–H groups in total. The smallest absolute Gasteiger partial charge is 0.341 e. The summed E-state index contributed by atoms with van der Waals surface area (Å²) in [6.45, 7) is 1.44. The molecule has 1 unspecified atom stereocenters. The third-order valence-corrected chi connectivity index (χ3v) is 6.04. The van der Waals surface area contributed by atoms with E-state index in [1.807, 2.05) is 0 Å². The molecule has 180 valence electrons. The molecule has 2 aliphatic rings. The van der Waals surface area contributed by atoms with E-state index in [0.29, 0.717) is 16.8 Å². The highest BCUT2D eigenvalue weighted by atomic mass is 35.5. The van der Waals surface area contributed by atoms with Gasteiger partial charge in [-0.05, 0) is 37.6 Å². The second-order valence-electron chi connectivity index (χ2n) is 7.95. The van der Waals surface area contributed by atoms with Crippen molar-refractivity contribution in [3.63, 3.8) is 0 Å². The molecule has 0 saturated heterocycles. The fourth-order valence-corrected chi connectivity index (χ4v) is 4.04. The molecular weight excluding hydrogens is 476 g/mol. The number of aliphatic carboxylic acids is 1. The van der Waals surface area contributed by atoms with Gasteiger partial charge in [-0.3, -0.25) is 24.3 Å². The van der Waals surface area contributed by atoms with Crippen molar-refractivity contribution < 1.29 is 33.8 Å². The lowest BCUT2D eigenvalue weighted by Crippen LogP contribution is -2.33. The van der Waals surface area contributed by atoms with E-state index in [1.54, 1.807) is 49.4 Å². The van der Waals surface area contributed by atoms with Crippen LogP contribution >= 0.6 is 11.6 Å². The predicted molar refractivity (Wildman–Crippen MR) is 126 cm³/mol. The number of carboxylic acids is 1. The minimum atomic E-state index is -1.11. The molecule has 0 spiro atoms. The topological polar surface area (TPSA) is 123 Å². The Kier molecular flexibility index (Phi) is 7.09. The van der Waals surface area contributed by atoms with Crippen LogP contribution in [-0.4, -0.2) is 59.2 Å². The van der Waals surface area contributed by atoms with E-state index >= 15 is 0 Å². The van der Waals surface area contributed by atoms with Crippen LogP contribution in [0.25, 0.3) is 0 Å². The van der Waals surface area contributed by atoms with Gasteiger partial charge in [-0.1, -0.05) is 35.9 Å². The first kappa shape index (κ1) is 24.3. The largest absolute Gasteiger partial charge is 0.481 e. The number of hydrogen-bond acceptors (Lipinski definition) is 7. The number of para-hydroxylation sites is 1. The molecule has 0 bridgehead atoms. The zero-order valence-corrected chi connectivity index (χ0v) is 19.4. The van der Waals surface area contributed by atoms with Gasteiger partial charge in [0.2, 0.25) is 0 Å². The van der Waals surface area contributed by atoms with Crippen molar-refractivity contribution >= 4 is 41.1 Å². The molecule has 0 aliphatic carbocycles. The number of nitrogens with zero attached hydrogens (tertiary/aromatic N) is 2. The third kappa shape index (κ3) is 5.01. The summed E-state index contributed by atoms with van der Waals surface area (Å²) < 4.78 is 11.0. The van der Waals surface area contributed by atoms with Gasteiger partial charge in [-0.15, -0.1) is 0 Å². The molecule has 2 amide bonds. The number of halogens is 1. The maximum atomic E-state index is 12.9. The SMILES string of the molecule is CC1=NC(COCCN2C(=O)c3ccccc3C2=O)=C(C(=O)Oc2ccccc2Cl)CC1C(=O)O. The van der Waals surface area contributed by atoms with E-state index in [1.165, 1.54) is 6.07 Å². The Morgan fingerprint density at radius 1 is 1.09 bits per heavy atom. The van der Waals surface area contributed by atoms with Gasteiger partial charge in [0.25, 0.3) is 11.8 Å². The fraction of sp³-hybridized carbons (Fsp3) is 0.240. The number of ether oxygens (including phenoxy) is 2. The molecular formula is C25H21ClN2O7. The fourth-order valence-electron chi connectivity index (χ4n) is 3.87. The maximum absolute atomic E-state index is 12.9. The monoisotopic (exact) mass is 496 g/mol. The molecule has 2 aromatic rings. The van der Waals surface area contributed by atoms with Gasteiger partial charge in [-0.25, -0.2) is 4.79 Å². The summed E-state index contributed by atoms with van der Waals surface area (Å²) in [6, 6.07) is 13.0. The summed E-state index contributed by atoms with van der Waals surface area (Å²) in [5.74, 6) is -3.53.